The third-order valence-corrected chi connectivity index (χ3v) is 1.43. The Morgan fingerprint density at radius 2 is 2.36 bits per heavy atom. The Labute approximate surface area is 62.7 Å². The number of imidazole rings is 1. The van der Waals surface area contributed by atoms with Crippen LogP contribution in [-0.2, 0) is 15.8 Å². The van der Waals surface area contributed by atoms with Crippen molar-refractivity contribution in [3.63, 3.8) is 0 Å². The van der Waals surface area contributed by atoms with Gasteiger partial charge < -0.3 is 9.79 Å². The largest absolute Gasteiger partial charge is 0.472 e. The molecule has 0 unspecified atom stereocenters. The Kier molecular flexibility index (Phi) is 2.41. The zero-order valence-corrected chi connectivity index (χ0v) is 6.44. The van der Waals surface area contributed by atoms with E-state index in [4.69, 9.17) is 9.79 Å². The molecule has 1 rings (SSSR count). The van der Waals surface area contributed by atoms with E-state index in [1.807, 2.05) is 0 Å². The fourth-order valence-corrected chi connectivity index (χ4v) is 0.827. The van der Waals surface area contributed by atoms with E-state index in [1.54, 1.807) is 12.4 Å². The average Bonchev–Trinajstić information content (AvgIpc) is 2.32. The lowest BCUT2D eigenvalue weighted by Crippen LogP contribution is -2.31. The first-order valence-corrected chi connectivity index (χ1v) is 4.33. The van der Waals surface area contributed by atoms with E-state index in [0.29, 0.717) is 0 Å². The van der Waals surface area contributed by atoms with Gasteiger partial charge in [0.1, 0.15) is 12.4 Å². The molecule has 0 saturated heterocycles. The van der Waals surface area contributed by atoms with Crippen LogP contribution < -0.4 is 4.57 Å². The molecule has 0 saturated carbocycles. The van der Waals surface area contributed by atoms with Gasteiger partial charge in [0.2, 0.25) is 13.1 Å². The van der Waals surface area contributed by atoms with Crippen molar-refractivity contribution >= 4 is 7.82 Å². The van der Waals surface area contributed by atoms with Gasteiger partial charge in [-0.3, -0.25) is 4.98 Å². The Balaban J connectivity index is 2.41. The summed E-state index contributed by atoms with van der Waals surface area (Å²) in [6.07, 6.45) is 4.73. The van der Waals surface area contributed by atoms with E-state index in [2.05, 4.69) is 9.51 Å². The van der Waals surface area contributed by atoms with Gasteiger partial charge in [0, 0.05) is 0 Å². The second-order valence-corrected chi connectivity index (χ2v) is 3.11. The highest BCUT2D eigenvalue weighted by Crippen LogP contribution is 2.35. The van der Waals surface area contributed by atoms with Crippen LogP contribution in [0.15, 0.2) is 18.7 Å². The second-order valence-electron chi connectivity index (χ2n) is 1.87. The first-order valence-electron chi connectivity index (χ1n) is 2.80. The lowest BCUT2D eigenvalue weighted by molar-refractivity contribution is -0.724. The standard InChI is InChI=1S/C4H7N2O4P/c7-11(8,9)10-4-6-2-1-5-3-6/h1-3H,4H2,(H2,7,8,9)/p+1. The highest BCUT2D eigenvalue weighted by atomic mass is 31.2. The molecule has 1 aromatic rings. The summed E-state index contributed by atoms with van der Waals surface area (Å²) in [7, 11) is -4.34. The maximum absolute atomic E-state index is 10.2. The molecule has 7 heteroatoms. The van der Waals surface area contributed by atoms with E-state index < -0.39 is 7.82 Å². The van der Waals surface area contributed by atoms with E-state index in [1.165, 1.54) is 10.9 Å². The van der Waals surface area contributed by atoms with Crippen molar-refractivity contribution in [1.82, 2.24) is 4.98 Å². The van der Waals surface area contributed by atoms with Crippen LogP contribution in [0.1, 0.15) is 0 Å². The summed E-state index contributed by atoms with van der Waals surface area (Å²) in [6, 6.07) is 0. The van der Waals surface area contributed by atoms with Crippen LogP contribution in [0.25, 0.3) is 0 Å². The topological polar surface area (TPSA) is 86.4 Å². The van der Waals surface area contributed by atoms with Gasteiger partial charge in [-0.15, -0.1) is 0 Å². The number of phosphoric acid groups is 1. The van der Waals surface area contributed by atoms with Crippen molar-refractivity contribution in [1.29, 1.82) is 0 Å². The highest BCUT2D eigenvalue weighted by molar-refractivity contribution is 7.46. The SMILES string of the molecule is O=P(O)(O)OC[n+]1cc[nH]c1. The molecule has 0 spiro atoms. The van der Waals surface area contributed by atoms with Gasteiger partial charge in [0.05, 0.1) is 0 Å². The summed E-state index contributed by atoms with van der Waals surface area (Å²) >= 11 is 0. The fraction of sp³-hybridized carbons (Fsp3) is 0.250. The molecule has 6 nitrogen and oxygen atoms in total. The van der Waals surface area contributed by atoms with Gasteiger partial charge in [-0.05, 0) is 0 Å². The second kappa shape index (κ2) is 3.15. The van der Waals surface area contributed by atoms with Gasteiger partial charge in [-0.1, -0.05) is 0 Å². The van der Waals surface area contributed by atoms with Gasteiger partial charge in [0.25, 0.3) is 0 Å². The summed E-state index contributed by atoms with van der Waals surface area (Å²) in [5.74, 6) is 0. The molecule has 1 aromatic heterocycles. The number of hydrogen-bond acceptors (Lipinski definition) is 2. The molecule has 0 atom stereocenters. The van der Waals surface area contributed by atoms with Crippen LogP contribution in [0.2, 0.25) is 0 Å². The molecular weight excluding hydrogens is 171 g/mol. The van der Waals surface area contributed by atoms with Crippen molar-refractivity contribution in [3.8, 4) is 0 Å². The molecule has 62 valence electrons. The van der Waals surface area contributed by atoms with Crippen LogP contribution in [-0.4, -0.2) is 14.8 Å². The molecule has 0 amide bonds. The van der Waals surface area contributed by atoms with E-state index in [-0.39, 0.29) is 6.73 Å². The molecule has 0 aliphatic rings. The number of rotatable bonds is 3. The maximum Gasteiger partial charge on any atom is 0.472 e. The number of aromatic amines is 1. The lowest BCUT2D eigenvalue weighted by atomic mass is 10.9. The van der Waals surface area contributed by atoms with E-state index in [9.17, 15) is 4.57 Å². The Morgan fingerprint density at radius 1 is 1.64 bits per heavy atom. The Bertz CT molecular complexity index is 253. The molecule has 11 heavy (non-hydrogen) atoms. The minimum atomic E-state index is -4.34. The summed E-state index contributed by atoms with van der Waals surface area (Å²) in [5, 5.41) is 0. The van der Waals surface area contributed by atoms with Crippen LogP contribution in [0.3, 0.4) is 0 Å². The number of H-pyrrole nitrogens is 1. The summed E-state index contributed by atoms with van der Waals surface area (Å²) < 4.78 is 15.8. The molecular formula is C4H8N2O4P+. The number of nitrogens with zero attached hydrogens (tertiary/aromatic N) is 1. The highest BCUT2D eigenvalue weighted by Gasteiger charge is 2.14. The van der Waals surface area contributed by atoms with Gasteiger partial charge in [0.15, 0.2) is 0 Å². The summed E-state index contributed by atoms with van der Waals surface area (Å²) in [5.41, 5.74) is 0. The monoisotopic (exact) mass is 179 g/mol. The van der Waals surface area contributed by atoms with Crippen LogP contribution in [0.5, 0.6) is 0 Å². The lowest BCUT2D eigenvalue weighted by Gasteiger charge is -2.00. The van der Waals surface area contributed by atoms with Gasteiger partial charge in [-0.2, -0.15) is 0 Å². The van der Waals surface area contributed by atoms with Crippen molar-refractivity contribution in [2.75, 3.05) is 0 Å². The van der Waals surface area contributed by atoms with E-state index >= 15 is 0 Å². The van der Waals surface area contributed by atoms with Crippen LogP contribution >= 0.6 is 7.82 Å². The van der Waals surface area contributed by atoms with Crippen LogP contribution in [0, 0.1) is 0 Å². The molecule has 0 aliphatic carbocycles. The van der Waals surface area contributed by atoms with E-state index in [0.717, 1.165) is 0 Å². The molecule has 3 N–H and O–H groups in total. The molecule has 1 heterocycles. The molecule has 0 bridgehead atoms. The zero-order chi connectivity index (χ0) is 8.32. The smallest absolute Gasteiger partial charge is 0.303 e. The van der Waals surface area contributed by atoms with Gasteiger partial charge in [-0.25, -0.2) is 13.7 Å². The minimum absolute atomic E-state index is 0.159. The quantitative estimate of drug-likeness (QED) is 0.426. The maximum atomic E-state index is 10.2. The van der Waals surface area contributed by atoms with Crippen LogP contribution in [0.4, 0.5) is 0 Å². The summed E-state index contributed by atoms with van der Waals surface area (Å²) in [6.45, 7) is -0.159. The molecule has 0 fully saturated rings. The normalized spacial score (nSPS) is 11.8. The first-order chi connectivity index (χ1) is 5.08. The third kappa shape index (κ3) is 3.29. The predicted octanol–water partition coefficient (Wildman–Crippen LogP) is -0.631. The third-order valence-electron chi connectivity index (χ3n) is 0.978. The minimum Gasteiger partial charge on any atom is -0.303 e. The zero-order valence-electron chi connectivity index (χ0n) is 5.54. The number of nitrogens with one attached hydrogen (secondary N) is 1. The van der Waals surface area contributed by atoms with Crippen molar-refractivity contribution in [2.45, 2.75) is 6.73 Å². The predicted molar refractivity (Wildman–Crippen MR) is 34.1 cm³/mol. The van der Waals surface area contributed by atoms with Crippen molar-refractivity contribution < 1.29 is 23.4 Å². The fourth-order valence-electron chi connectivity index (χ4n) is 0.543. The Morgan fingerprint density at radius 3 is 2.82 bits per heavy atom. The Hall–Kier alpha value is -0.680. The first kappa shape index (κ1) is 8.42. The summed E-state index contributed by atoms with van der Waals surface area (Å²) in [4.78, 5) is 19.3. The molecule has 0 aliphatic heterocycles. The number of hydrogen-bond donors (Lipinski definition) is 3. The van der Waals surface area contributed by atoms with Gasteiger partial charge >= 0.3 is 7.82 Å². The van der Waals surface area contributed by atoms with Crippen molar-refractivity contribution in [3.05, 3.63) is 18.7 Å². The number of aromatic nitrogens is 2. The van der Waals surface area contributed by atoms with Crippen molar-refractivity contribution in [2.24, 2.45) is 0 Å². The molecule has 0 aromatic carbocycles. The number of phosphoric ester groups is 1. The molecule has 0 radical (unpaired) electrons. The average molecular weight is 179 g/mol.